The van der Waals surface area contributed by atoms with Gasteiger partial charge in [-0.1, -0.05) is 29.8 Å². The van der Waals surface area contributed by atoms with Gasteiger partial charge in [-0.3, -0.25) is 5.43 Å². The van der Waals surface area contributed by atoms with Crippen molar-refractivity contribution in [1.29, 1.82) is 0 Å². The first-order valence-corrected chi connectivity index (χ1v) is 9.46. The summed E-state index contributed by atoms with van der Waals surface area (Å²) in [5.41, 5.74) is 6.74. The Morgan fingerprint density at radius 2 is 1.72 bits per heavy atom. The molecular weight excluding hydrogens is 388 g/mol. The smallest absolute Gasteiger partial charge is 0.161 e. The molecule has 0 radical (unpaired) electrons. The minimum atomic E-state index is 0.434. The number of benzene rings is 3. The van der Waals surface area contributed by atoms with Gasteiger partial charge in [0, 0.05) is 5.02 Å². The summed E-state index contributed by atoms with van der Waals surface area (Å²) in [6.45, 7) is 2.39. The minimum Gasteiger partial charge on any atom is -0.497 e. The summed E-state index contributed by atoms with van der Waals surface area (Å²) < 4.78 is 16.5. The number of methoxy groups -OCH3 is 2. The van der Waals surface area contributed by atoms with Crippen molar-refractivity contribution in [3.05, 3.63) is 82.4 Å². The summed E-state index contributed by atoms with van der Waals surface area (Å²) in [4.78, 5) is 0. The second kappa shape index (κ2) is 9.85. The van der Waals surface area contributed by atoms with Crippen LogP contribution in [-0.4, -0.2) is 20.4 Å². The molecule has 0 heterocycles. The van der Waals surface area contributed by atoms with Gasteiger partial charge in [0.05, 0.1) is 26.1 Å². The molecule has 0 saturated heterocycles. The Kier molecular flexibility index (Phi) is 6.98. The Labute approximate surface area is 175 Å². The van der Waals surface area contributed by atoms with Gasteiger partial charge in [0.1, 0.15) is 12.4 Å². The molecule has 0 aromatic heterocycles. The van der Waals surface area contributed by atoms with E-state index in [4.69, 9.17) is 25.8 Å². The highest BCUT2D eigenvalue weighted by molar-refractivity contribution is 6.31. The number of ether oxygens (including phenoxy) is 3. The highest BCUT2D eigenvalue weighted by Gasteiger charge is 2.06. The average Bonchev–Trinajstić information content (AvgIpc) is 2.75. The first-order valence-electron chi connectivity index (χ1n) is 9.08. The van der Waals surface area contributed by atoms with E-state index in [0.717, 1.165) is 28.1 Å². The predicted octanol–water partition coefficient (Wildman–Crippen LogP) is 5.69. The van der Waals surface area contributed by atoms with E-state index in [1.165, 1.54) is 0 Å². The third-order valence-electron chi connectivity index (χ3n) is 4.32. The topological polar surface area (TPSA) is 52.1 Å². The lowest BCUT2D eigenvalue weighted by Gasteiger charge is -2.11. The molecule has 29 heavy (non-hydrogen) atoms. The molecule has 0 amide bonds. The number of nitrogens with zero attached hydrogens (tertiary/aromatic N) is 1. The van der Waals surface area contributed by atoms with Crippen molar-refractivity contribution >= 4 is 23.5 Å². The zero-order chi connectivity index (χ0) is 20.6. The molecule has 0 fully saturated rings. The molecule has 0 atom stereocenters. The second-order valence-corrected chi connectivity index (χ2v) is 6.79. The third-order valence-corrected chi connectivity index (χ3v) is 4.73. The average molecular weight is 411 g/mol. The van der Waals surface area contributed by atoms with Crippen LogP contribution >= 0.6 is 11.6 Å². The van der Waals surface area contributed by atoms with E-state index in [1.807, 2.05) is 67.6 Å². The van der Waals surface area contributed by atoms with Crippen molar-refractivity contribution in [3.8, 4) is 17.2 Å². The Hall–Kier alpha value is -3.18. The number of hydrogen-bond acceptors (Lipinski definition) is 5. The molecule has 3 rings (SSSR count). The van der Waals surface area contributed by atoms with Gasteiger partial charge in [-0.05, 0) is 66.1 Å². The third kappa shape index (κ3) is 5.65. The molecule has 3 aromatic rings. The highest BCUT2D eigenvalue weighted by Crippen LogP contribution is 2.28. The van der Waals surface area contributed by atoms with Crippen LogP contribution in [0.3, 0.4) is 0 Å². The van der Waals surface area contributed by atoms with Crippen molar-refractivity contribution in [2.75, 3.05) is 19.6 Å². The van der Waals surface area contributed by atoms with Gasteiger partial charge in [-0.25, -0.2) is 0 Å². The zero-order valence-electron chi connectivity index (χ0n) is 16.6. The number of nitrogens with one attached hydrogen (secondary N) is 1. The lowest BCUT2D eigenvalue weighted by Crippen LogP contribution is -1.99. The lowest BCUT2D eigenvalue weighted by molar-refractivity contribution is 0.284. The van der Waals surface area contributed by atoms with Crippen LogP contribution in [0.25, 0.3) is 0 Å². The fourth-order valence-electron chi connectivity index (χ4n) is 2.61. The highest BCUT2D eigenvalue weighted by atomic mass is 35.5. The van der Waals surface area contributed by atoms with Crippen LogP contribution in [0.4, 0.5) is 5.69 Å². The van der Waals surface area contributed by atoms with Gasteiger partial charge in [-0.2, -0.15) is 5.10 Å². The van der Waals surface area contributed by atoms with Crippen molar-refractivity contribution < 1.29 is 14.2 Å². The Balaban J connectivity index is 1.63. The van der Waals surface area contributed by atoms with E-state index >= 15 is 0 Å². The van der Waals surface area contributed by atoms with Gasteiger partial charge in [0.25, 0.3) is 0 Å². The van der Waals surface area contributed by atoms with Crippen molar-refractivity contribution in [3.63, 3.8) is 0 Å². The standard InChI is InChI=1S/C23H23ClN2O3/c1-16-4-8-19(13-21(16)24)26-25-14-18-7-11-22(23(12-18)28-3)29-15-17-5-9-20(27-2)10-6-17/h4-14,26H,15H2,1-3H3. The van der Waals surface area contributed by atoms with Crippen LogP contribution in [0.5, 0.6) is 17.2 Å². The molecule has 0 spiro atoms. The van der Waals surface area contributed by atoms with E-state index in [0.29, 0.717) is 23.1 Å². The van der Waals surface area contributed by atoms with E-state index in [1.54, 1.807) is 20.4 Å². The molecule has 0 aliphatic heterocycles. The molecule has 0 saturated carbocycles. The van der Waals surface area contributed by atoms with Gasteiger partial charge in [0.15, 0.2) is 11.5 Å². The summed E-state index contributed by atoms with van der Waals surface area (Å²) in [5, 5.41) is 4.96. The molecule has 0 bridgehead atoms. The summed E-state index contributed by atoms with van der Waals surface area (Å²) in [6.07, 6.45) is 1.71. The van der Waals surface area contributed by atoms with E-state index in [2.05, 4.69) is 10.5 Å². The number of rotatable bonds is 8. The fraction of sp³-hybridized carbons (Fsp3) is 0.174. The molecule has 0 aliphatic rings. The zero-order valence-corrected chi connectivity index (χ0v) is 17.4. The number of halogens is 1. The Morgan fingerprint density at radius 1 is 0.931 bits per heavy atom. The number of hydrazone groups is 1. The van der Waals surface area contributed by atoms with Crippen LogP contribution < -0.4 is 19.6 Å². The molecule has 0 aliphatic carbocycles. The van der Waals surface area contributed by atoms with Crippen LogP contribution in [0.15, 0.2) is 65.8 Å². The molecule has 1 N–H and O–H groups in total. The van der Waals surface area contributed by atoms with Crippen molar-refractivity contribution in [1.82, 2.24) is 0 Å². The lowest BCUT2D eigenvalue weighted by atomic mass is 10.2. The molecule has 150 valence electrons. The van der Waals surface area contributed by atoms with E-state index in [9.17, 15) is 0 Å². The second-order valence-electron chi connectivity index (χ2n) is 6.38. The largest absolute Gasteiger partial charge is 0.497 e. The summed E-state index contributed by atoms with van der Waals surface area (Å²) in [7, 11) is 3.26. The normalized spacial score (nSPS) is 10.8. The maximum absolute atomic E-state index is 6.13. The number of aryl methyl sites for hydroxylation is 1. The van der Waals surface area contributed by atoms with Crippen LogP contribution in [0.2, 0.25) is 5.02 Å². The first-order chi connectivity index (χ1) is 14.1. The van der Waals surface area contributed by atoms with E-state index < -0.39 is 0 Å². The number of hydrogen-bond donors (Lipinski definition) is 1. The van der Waals surface area contributed by atoms with Gasteiger partial charge < -0.3 is 14.2 Å². The van der Waals surface area contributed by atoms with Crippen molar-refractivity contribution in [2.45, 2.75) is 13.5 Å². The SMILES string of the molecule is COc1ccc(COc2ccc(C=NNc3ccc(C)c(Cl)c3)cc2OC)cc1. The quantitative estimate of drug-likeness (QED) is 0.383. The number of anilines is 1. The minimum absolute atomic E-state index is 0.434. The Bertz CT molecular complexity index is 988. The van der Waals surface area contributed by atoms with Crippen LogP contribution in [-0.2, 0) is 6.61 Å². The fourth-order valence-corrected chi connectivity index (χ4v) is 2.79. The predicted molar refractivity (Wildman–Crippen MR) is 118 cm³/mol. The van der Waals surface area contributed by atoms with Gasteiger partial charge >= 0.3 is 0 Å². The molecule has 5 nitrogen and oxygen atoms in total. The van der Waals surface area contributed by atoms with E-state index in [-0.39, 0.29) is 0 Å². The Morgan fingerprint density at radius 3 is 2.41 bits per heavy atom. The maximum Gasteiger partial charge on any atom is 0.161 e. The molecular formula is C23H23ClN2O3. The molecule has 3 aromatic carbocycles. The molecule has 0 unspecified atom stereocenters. The van der Waals surface area contributed by atoms with Gasteiger partial charge in [-0.15, -0.1) is 0 Å². The van der Waals surface area contributed by atoms with Gasteiger partial charge in [0.2, 0.25) is 0 Å². The first kappa shape index (κ1) is 20.6. The summed E-state index contributed by atoms with van der Waals surface area (Å²) >= 11 is 6.13. The van der Waals surface area contributed by atoms with Crippen LogP contribution in [0, 0.1) is 6.92 Å². The maximum atomic E-state index is 6.13. The molecule has 6 heteroatoms. The summed E-state index contributed by atoms with van der Waals surface area (Å²) in [5.74, 6) is 2.12. The summed E-state index contributed by atoms with van der Waals surface area (Å²) in [6, 6.07) is 19.1. The monoisotopic (exact) mass is 410 g/mol. The van der Waals surface area contributed by atoms with Crippen molar-refractivity contribution in [2.24, 2.45) is 5.10 Å². The van der Waals surface area contributed by atoms with Crippen LogP contribution in [0.1, 0.15) is 16.7 Å².